The fourth-order valence-electron chi connectivity index (χ4n) is 3.74. The number of fused-ring (bicyclic) bond motifs is 1. The summed E-state index contributed by atoms with van der Waals surface area (Å²) in [6.45, 7) is 3.06. The Balaban J connectivity index is 1.37. The summed E-state index contributed by atoms with van der Waals surface area (Å²) in [6, 6.07) is 3.38. The van der Waals surface area contributed by atoms with E-state index in [1.54, 1.807) is 27.9 Å². The third-order valence-electron chi connectivity index (χ3n) is 5.33. The van der Waals surface area contributed by atoms with Gasteiger partial charge in [-0.05, 0) is 30.8 Å². The molecule has 2 aliphatic rings. The second kappa shape index (κ2) is 8.39. The highest BCUT2D eigenvalue weighted by Gasteiger charge is 2.35. The molecule has 2 aromatic rings. The summed E-state index contributed by atoms with van der Waals surface area (Å²) >= 11 is 0. The van der Waals surface area contributed by atoms with Gasteiger partial charge in [-0.3, -0.25) is 4.79 Å². The van der Waals surface area contributed by atoms with Crippen molar-refractivity contribution in [3.63, 3.8) is 0 Å². The topological polar surface area (TPSA) is 114 Å². The van der Waals surface area contributed by atoms with Crippen LogP contribution in [0.3, 0.4) is 0 Å². The standard InChI is InChI=1S/C20H24BN3O6/c1-2-3-14-8-23(12-22-14)11-17(25)24-9-15(10-24)29-16-5-4-13-6-7-21(28)30-19(13)18(16)20(26)27/h4-5,8,12,15,28H,2-3,6-7,9-11H2,1H3,(H,26,27). The summed E-state index contributed by atoms with van der Waals surface area (Å²) in [5.74, 6) is -0.864. The SMILES string of the molecule is CCCc1cn(CC(=O)N2CC(Oc3ccc4c(c3C(=O)O)OB(O)CC4)C2)cn1. The number of carboxylic acid groups (broad SMARTS) is 1. The van der Waals surface area contributed by atoms with Gasteiger partial charge in [0.05, 0.1) is 25.1 Å². The minimum atomic E-state index is -1.17. The Labute approximate surface area is 174 Å². The number of imidazole rings is 1. The van der Waals surface area contributed by atoms with Gasteiger partial charge in [0.2, 0.25) is 5.91 Å². The first-order chi connectivity index (χ1) is 14.4. The Bertz CT molecular complexity index is 956. The maximum absolute atomic E-state index is 12.4. The minimum Gasteiger partial charge on any atom is -0.535 e. The van der Waals surface area contributed by atoms with Crippen molar-refractivity contribution in [2.24, 2.45) is 0 Å². The van der Waals surface area contributed by atoms with Crippen LogP contribution in [0.5, 0.6) is 11.5 Å². The van der Waals surface area contributed by atoms with Gasteiger partial charge >= 0.3 is 13.1 Å². The van der Waals surface area contributed by atoms with Crippen molar-refractivity contribution in [2.75, 3.05) is 13.1 Å². The summed E-state index contributed by atoms with van der Waals surface area (Å²) in [6.07, 6.45) is 6.10. The highest BCUT2D eigenvalue weighted by Crippen LogP contribution is 2.37. The number of aryl methyl sites for hydroxylation is 2. The number of hydrogen-bond donors (Lipinski definition) is 2. The maximum Gasteiger partial charge on any atom is 0.522 e. The Morgan fingerprint density at radius 2 is 2.17 bits per heavy atom. The molecule has 9 nitrogen and oxygen atoms in total. The molecule has 2 N–H and O–H groups in total. The summed E-state index contributed by atoms with van der Waals surface area (Å²) in [5.41, 5.74) is 1.62. The number of hydrogen-bond acceptors (Lipinski definition) is 6. The lowest BCUT2D eigenvalue weighted by molar-refractivity contribution is -0.140. The molecule has 4 rings (SSSR count). The van der Waals surface area contributed by atoms with Crippen molar-refractivity contribution < 1.29 is 29.1 Å². The van der Waals surface area contributed by atoms with Crippen LogP contribution in [-0.2, 0) is 24.2 Å². The fourth-order valence-corrected chi connectivity index (χ4v) is 3.74. The van der Waals surface area contributed by atoms with Crippen LogP contribution in [-0.4, -0.2) is 62.8 Å². The Hall–Kier alpha value is -3.01. The number of ether oxygens (including phenoxy) is 1. The van der Waals surface area contributed by atoms with Gasteiger partial charge < -0.3 is 29.0 Å². The van der Waals surface area contributed by atoms with Crippen LogP contribution in [0.4, 0.5) is 0 Å². The number of aromatic nitrogens is 2. The first-order valence-electron chi connectivity index (χ1n) is 10.1. The highest BCUT2D eigenvalue weighted by atomic mass is 16.5. The van der Waals surface area contributed by atoms with E-state index in [1.165, 1.54) is 0 Å². The molecule has 0 bridgehead atoms. The molecule has 1 fully saturated rings. The molecule has 0 atom stereocenters. The molecule has 2 aliphatic heterocycles. The van der Waals surface area contributed by atoms with Crippen LogP contribution in [0.1, 0.15) is 35.0 Å². The van der Waals surface area contributed by atoms with Crippen LogP contribution in [0.25, 0.3) is 0 Å². The van der Waals surface area contributed by atoms with Gasteiger partial charge in [-0.15, -0.1) is 0 Å². The first kappa shape index (κ1) is 20.3. The number of carbonyl (C=O) groups is 2. The van der Waals surface area contributed by atoms with Crippen molar-refractivity contribution in [1.29, 1.82) is 0 Å². The molecular formula is C20H24BN3O6. The predicted molar refractivity (Wildman–Crippen MR) is 108 cm³/mol. The number of likely N-dealkylation sites (tertiary alicyclic amines) is 1. The number of carbonyl (C=O) groups excluding carboxylic acids is 1. The largest absolute Gasteiger partial charge is 0.535 e. The van der Waals surface area contributed by atoms with E-state index in [2.05, 4.69) is 11.9 Å². The van der Waals surface area contributed by atoms with Gasteiger partial charge in [0.1, 0.15) is 29.7 Å². The van der Waals surface area contributed by atoms with Crippen LogP contribution >= 0.6 is 0 Å². The van der Waals surface area contributed by atoms with Crippen LogP contribution < -0.4 is 9.39 Å². The van der Waals surface area contributed by atoms with Gasteiger partial charge in [-0.1, -0.05) is 19.4 Å². The normalized spacial score (nSPS) is 15.9. The Morgan fingerprint density at radius 1 is 1.37 bits per heavy atom. The second-order valence-electron chi connectivity index (χ2n) is 7.67. The smallest absolute Gasteiger partial charge is 0.522 e. The molecule has 0 spiro atoms. The maximum atomic E-state index is 12.4. The zero-order chi connectivity index (χ0) is 21.3. The van der Waals surface area contributed by atoms with Gasteiger partial charge in [0.25, 0.3) is 0 Å². The van der Waals surface area contributed by atoms with Gasteiger partial charge in [-0.2, -0.15) is 0 Å². The number of nitrogens with zero attached hydrogens (tertiary/aromatic N) is 3. The van der Waals surface area contributed by atoms with Crippen molar-refractivity contribution in [3.05, 3.63) is 41.5 Å². The number of amides is 1. The third-order valence-corrected chi connectivity index (χ3v) is 5.33. The summed E-state index contributed by atoms with van der Waals surface area (Å²) in [5, 5.41) is 19.4. The van der Waals surface area contributed by atoms with E-state index in [0.29, 0.717) is 25.8 Å². The molecule has 30 heavy (non-hydrogen) atoms. The molecule has 158 valence electrons. The van der Waals surface area contributed by atoms with E-state index >= 15 is 0 Å². The highest BCUT2D eigenvalue weighted by molar-refractivity contribution is 6.44. The van der Waals surface area contributed by atoms with E-state index in [4.69, 9.17) is 9.39 Å². The molecule has 0 aliphatic carbocycles. The Morgan fingerprint density at radius 3 is 2.90 bits per heavy atom. The number of rotatable bonds is 7. The molecule has 1 aromatic carbocycles. The molecule has 1 aromatic heterocycles. The van der Waals surface area contributed by atoms with E-state index in [1.807, 2.05) is 6.20 Å². The molecule has 0 unspecified atom stereocenters. The number of carboxylic acids is 1. The van der Waals surface area contributed by atoms with Crippen molar-refractivity contribution in [1.82, 2.24) is 14.5 Å². The van der Waals surface area contributed by atoms with Gasteiger partial charge in [0.15, 0.2) is 0 Å². The quantitative estimate of drug-likeness (QED) is 0.657. The van der Waals surface area contributed by atoms with E-state index in [-0.39, 0.29) is 35.6 Å². The number of benzene rings is 1. The fraction of sp³-hybridized carbons (Fsp3) is 0.450. The van der Waals surface area contributed by atoms with Crippen molar-refractivity contribution >= 4 is 19.0 Å². The molecule has 1 amide bonds. The molecular weight excluding hydrogens is 389 g/mol. The molecule has 0 radical (unpaired) electrons. The molecule has 0 saturated carbocycles. The second-order valence-corrected chi connectivity index (χ2v) is 7.67. The zero-order valence-corrected chi connectivity index (χ0v) is 16.8. The predicted octanol–water partition coefficient (Wildman–Crippen LogP) is 1.24. The molecule has 1 saturated heterocycles. The summed E-state index contributed by atoms with van der Waals surface area (Å²) in [4.78, 5) is 30.2. The lowest BCUT2D eigenvalue weighted by Gasteiger charge is -2.39. The lowest BCUT2D eigenvalue weighted by Crippen LogP contribution is -2.57. The van der Waals surface area contributed by atoms with Crippen molar-refractivity contribution in [3.8, 4) is 11.5 Å². The van der Waals surface area contributed by atoms with Crippen molar-refractivity contribution in [2.45, 2.75) is 45.2 Å². The van der Waals surface area contributed by atoms with Gasteiger partial charge in [0, 0.05) is 6.20 Å². The monoisotopic (exact) mass is 413 g/mol. The molecule has 10 heteroatoms. The summed E-state index contributed by atoms with van der Waals surface area (Å²) in [7, 11) is -1.02. The van der Waals surface area contributed by atoms with Crippen LogP contribution in [0.2, 0.25) is 6.32 Å². The van der Waals surface area contributed by atoms with E-state index in [0.717, 1.165) is 24.1 Å². The van der Waals surface area contributed by atoms with E-state index < -0.39 is 13.1 Å². The average Bonchev–Trinajstić information content (AvgIpc) is 3.10. The Kier molecular flexibility index (Phi) is 5.67. The molecule has 3 heterocycles. The van der Waals surface area contributed by atoms with Gasteiger partial charge in [-0.25, -0.2) is 9.78 Å². The lowest BCUT2D eigenvalue weighted by atomic mass is 9.78. The first-order valence-corrected chi connectivity index (χ1v) is 10.1. The summed E-state index contributed by atoms with van der Waals surface area (Å²) < 4.78 is 13.0. The van der Waals surface area contributed by atoms with Crippen LogP contribution in [0.15, 0.2) is 24.7 Å². The number of aromatic carboxylic acids is 1. The van der Waals surface area contributed by atoms with Crippen LogP contribution in [0, 0.1) is 0 Å². The van der Waals surface area contributed by atoms with E-state index in [9.17, 15) is 19.7 Å². The third kappa shape index (κ3) is 4.13. The average molecular weight is 413 g/mol. The zero-order valence-electron chi connectivity index (χ0n) is 16.8. The minimum absolute atomic E-state index is 0.0364.